The molecule has 6 nitrogen and oxygen atoms in total. The lowest BCUT2D eigenvalue weighted by molar-refractivity contribution is 0.0900. The summed E-state index contributed by atoms with van der Waals surface area (Å²) in [5.74, 6) is -0.141. The highest BCUT2D eigenvalue weighted by Crippen LogP contribution is 2.14. The molecular weight excluding hydrogens is 256 g/mol. The number of anilines is 1. The Morgan fingerprint density at radius 2 is 2.15 bits per heavy atom. The average Bonchev–Trinajstić information content (AvgIpc) is 2.41. The highest BCUT2D eigenvalue weighted by molar-refractivity contribution is 5.99. The van der Waals surface area contributed by atoms with Crippen molar-refractivity contribution >= 4 is 11.6 Å². The average molecular weight is 280 g/mol. The molecule has 0 saturated carbocycles. The molecule has 1 aromatic heterocycles. The van der Waals surface area contributed by atoms with E-state index in [4.69, 9.17) is 4.74 Å². The van der Waals surface area contributed by atoms with Crippen LogP contribution in [0.5, 0.6) is 0 Å². The van der Waals surface area contributed by atoms with Gasteiger partial charge in [-0.1, -0.05) is 0 Å². The third-order valence-electron chi connectivity index (χ3n) is 2.77. The van der Waals surface area contributed by atoms with Crippen LogP contribution in [0, 0.1) is 6.92 Å². The first-order valence-corrected chi connectivity index (χ1v) is 6.69. The van der Waals surface area contributed by atoms with Crippen molar-refractivity contribution < 1.29 is 9.53 Å². The lowest BCUT2D eigenvalue weighted by Crippen LogP contribution is -2.29. The van der Waals surface area contributed by atoms with Crippen LogP contribution in [0.15, 0.2) is 12.3 Å². The molecule has 1 heterocycles. The van der Waals surface area contributed by atoms with Gasteiger partial charge >= 0.3 is 0 Å². The summed E-state index contributed by atoms with van der Waals surface area (Å²) in [4.78, 5) is 18.2. The van der Waals surface area contributed by atoms with Crippen molar-refractivity contribution in [2.75, 3.05) is 52.8 Å². The zero-order chi connectivity index (χ0) is 15.0. The van der Waals surface area contributed by atoms with E-state index >= 15 is 0 Å². The molecule has 0 aliphatic rings. The van der Waals surface area contributed by atoms with Crippen molar-refractivity contribution in [2.45, 2.75) is 6.92 Å². The van der Waals surface area contributed by atoms with Gasteiger partial charge in [0.25, 0.3) is 5.91 Å². The summed E-state index contributed by atoms with van der Waals surface area (Å²) in [6, 6.07) is 1.85. The Labute approximate surface area is 120 Å². The van der Waals surface area contributed by atoms with Crippen LogP contribution in [0.4, 0.5) is 5.69 Å². The maximum Gasteiger partial charge on any atom is 0.255 e. The molecule has 0 radical (unpaired) electrons. The molecule has 0 aliphatic carbocycles. The fourth-order valence-corrected chi connectivity index (χ4v) is 1.63. The first-order chi connectivity index (χ1) is 9.54. The van der Waals surface area contributed by atoms with E-state index in [1.54, 1.807) is 13.2 Å². The Morgan fingerprint density at radius 1 is 1.40 bits per heavy atom. The van der Waals surface area contributed by atoms with Crippen molar-refractivity contribution in [3.8, 4) is 0 Å². The number of pyridine rings is 1. The van der Waals surface area contributed by atoms with E-state index in [2.05, 4.69) is 20.5 Å². The van der Waals surface area contributed by atoms with Gasteiger partial charge in [-0.05, 0) is 27.1 Å². The van der Waals surface area contributed by atoms with E-state index in [9.17, 15) is 4.79 Å². The monoisotopic (exact) mass is 280 g/mol. The van der Waals surface area contributed by atoms with E-state index in [-0.39, 0.29) is 5.91 Å². The summed E-state index contributed by atoms with van der Waals surface area (Å²) < 4.78 is 5.42. The number of carbonyl (C=O) groups is 1. The zero-order valence-corrected chi connectivity index (χ0v) is 12.7. The number of nitrogens with one attached hydrogen (secondary N) is 2. The topological polar surface area (TPSA) is 66.5 Å². The van der Waals surface area contributed by atoms with Crippen LogP contribution in [0.2, 0.25) is 0 Å². The first-order valence-electron chi connectivity index (χ1n) is 6.69. The zero-order valence-electron chi connectivity index (χ0n) is 12.7. The van der Waals surface area contributed by atoms with Crippen LogP contribution >= 0.6 is 0 Å². The van der Waals surface area contributed by atoms with Gasteiger partial charge in [0.15, 0.2) is 0 Å². The number of hydrogen-bond acceptors (Lipinski definition) is 5. The highest BCUT2D eigenvalue weighted by atomic mass is 16.5. The summed E-state index contributed by atoms with van der Waals surface area (Å²) in [6.45, 7) is 4.43. The maximum absolute atomic E-state index is 12.0. The van der Waals surface area contributed by atoms with Crippen LogP contribution in [-0.4, -0.2) is 63.2 Å². The number of ether oxygens (including phenoxy) is 1. The minimum atomic E-state index is -0.141. The number of rotatable bonds is 8. The molecule has 0 spiro atoms. The van der Waals surface area contributed by atoms with Crippen LogP contribution < -0.4 is 10.6 Å². The summed E-state index contributed by atoms with van der Waals surface area (Å²) >= 11 is 0. The number of likely N-dealkylation sites (N-methyl/N-ethyl adjacent to an activating group) is 1. The van der Waals surface area contributed by atoms with E-state index in [1.807, 2.05) is 27.1 Å². The number of aromatic nitrogens is 1. The summed E-state index contributed by atoms with van der Waals surface area (Å²) in [5.41, 5.74) is 2.20. The lowest BCUT2D eigenvalue weighted by Gasteiger charge is -2.11. The molecular formula is C14H24N4O2. The van der Waals surface area contributed by atoms with Gasteiger partial charge in [-0.25, -0.2) is 0 Å². The Hall–Kier alpha value is -1.66. The molecule has 0 atom stereocenters. The highest BCUT2D eigenvalue weighted by Gasteiger charge is 2.10. The minimum absolute atomic E-state index is 0.141. The van der Waals surface area contributed by atoms with Crippen LogP contribution in [-0.2, 0) is 4.74 Å². The van der Waals surface area contributed by atoms with E-state index in [1.165, 1.54) is 0 Å². The van der Waals surface area contributed by atoms with Crippen molar-refractivity contribution in [1.29, 1.82) is 0 Å². The first kappa shape index (κ1) is 16.4. The summed E-state index contributed by atoms with van der Waals surface area (Å²) in [7, 11) is 5.78. The Balaban J connectivity index is 2.36. The number of hydrogen-bond donors (Lipinski definition) is 2. The van der Waals surface area contributed by atoms with E-state index in [0.29, 0.717) is 25.3 Å². The van der Waals surface area contributed by atoms with Crippen LogP contribution in [0.1, 0.15) is 16.1 Å². The molecule has 20 heavy (non-hydrogen) atoms. The normalized spacial score (nSPS) is 10.7. The number of amides is 1. The Bertz CT molecular complexity index is 435. The third kappa shape index (κ3) is 5.54. The molecule has 1 rings (SSSR count). The molecule has 2 N–H and O–H groups in total. The second-order valence-corrected chi connectivity index (χ2v) is 4.79. The Morgan fingerprint density at radius 3 is 2.80 bits per heavy atom. The summed E-state index contributed by atoms with van der Waals surface area (Å²) in [5, 5.41) is 5.83. The fourth-order valence-electron chi connectivity index (χ4n) is 1.63. The lowest BCUT2D eigenvalue weighted by atomic mass is 10.2. The molecule has 112 valence electrons. The van der Waals surface area contributed by atoms with Crippen LogP contribution in [0.3, 0.4) is 0 Å². The van der Waals surface area contributed by atoms with Gasteiger partial charge in [0.1, 0.15) is 0 Å². The molecule has 0 aliphatic heterocycles. The second kappa shape index (κ2) is 8.50. The van der Waals surface area contributed by atoms with Crippen molar-refractivity contribution in [2.24, 2.45) is 0 Å². The molecule has 0 aromatic carbocycles. The SMILES string of the molecule is CNc1cc(C)ncc1C(=O)NCCOCCN(C)C. The minimum Gasteiger partial charge on any atom is -0.387 e. The smallest absolute Gasteiger partial charge is 0.255 e. The summed E-state index contributed by atoms with van der Waals surface area (Å²) in [6.07, 6.45) is 1.59. The third-order valence-corrected chi connectivity index (χ3v) is 2.77. The molecule has 0 bridgehead atoms. The van der Waals surface area contributed by atoms with Gasteiger partial charge in [0, 0.05) is 32.0 Å². The maximum atomic E-state index is 12.0. The number of nitrogens with zero attached hydrogens (tertiary/aromatic N) is 2. The molecule has 0 fully saturated rings. The standard InChI is InChI=1S/C14H24N4O2/c1-11-9-13(15-2)12(10-17-11)14(19)16-5-7-20-8-6-18(3)4/h9-10H,5-8H2,1-4H3,(H,15,17)(H,16,19). The largest absolute Gasteiger partial charge is 0.387 e. The molecule has 1 amide bonds. The predicted octanol–water partition coefficient (Wildman–Crippen LogP) is 0.740. The van der Waals surface area contributed by atoms with Gasteiger partial charge < -0.3 is 20.3 Å². The van der Waals surface area contributed by atoms with Gasteiger partial charge in [0.05, 0.1) is 24.5 Å². The molecule has 1 aromatic rings. The van der Waals surface area contributed by atoms with Gasteiger partial charge in [-0.15, -0.1) is 0 Å². The van der Waals surface area contributed by atoms with Crippen LogP contribution in [0.25, 0.3) is 0 Å². The second-order valence-electron chi connectivity index (χ2n) is 4.79. The Kier molecular flexibility index (Phi) is 6.97. The van der Waals surface area contributed by atoms with Crippen molar-refractivity contribution in [1.82, 2.24) is 15.2 Å². The quantitative estimate of drug-likeness (QED) is 0.688. The van der Waals surface area contributed by atoms with Gasteiger partial charge in [-0.3, -0.25) is 9.78 Å². The van der Waals surface area contributed by atoms with Gasteiger partial charge in [-0.2, -0.15) is 0 Å². The predicted molar refractivity (Wildman–Crippen MR) is 80.2 cm³/mol. The fraction of sp³-hybridized carbons (Fsp3) is 0.571. The van der Waals surface area contributed by atoms with E-state index in [0.717, 1.165) is 17.9 Å². The van der Waals surface area contributed by atoms with Crippen molar-refractivity contribution in [3.05, 3.63) is 23.5 Å². The van der Waals surface area contributed by atoms with Gasteiger partial charge in [0.2, 0.25) is 0 Å². The molecule has 0 saturated heterocycles. The number of aryl methyl sites for hydroxylation is 1. The number of carbonyl (C=O) groups excluding carboxylic acids is 1. The molecule has 6 heteroatoms. The van der Waals surface area contributed by atoms with Crippen molar-refractivity contribution in [3.63, 3.8) is 0 Å². The molecule has 0 unspecified atom stereocenters. The van der Waals surface area contributed by atoms with E-state index < -0.39 is 0 Å².